The SMILES string of the molecule is CCNC(=NCC(C)(C)c1c(Cl)cccc1Cl)NCC(C)(O)c1cnn(C)c1.I. The standard InChI is InChI=1S/C20H29Cl2N5O.HI/c1-6-23-18(25-13-20(4,28)14-10-26-27(5)11-14)24-12-19(2,3)17-15(21)8-7-9-16(17)22;/h7-11,28H,6,12-13H2,1-5H3,(H2,23,24,25);1H. The van der Waals surface area contributed by atoms with E-state index in [1.165, 1.54) is 0 Å². The van der Waals surface area contributed by atoms with Gasteiger partial charge in [0.2, 0.25) is 0 Å². The number of rotatable bonds is 7. The molecule has 1 heterocycles. The third-order valence-electron chi connectivity index (χ3n) is 4.54. The van der Waals surface area contributed by atoms with E-state index in [1.807, 2.05) is 32.2 Å². The fourth-order valence-electron chi connectivity index (χ4n) is 2.90. The first kappa shape index (κ1) is 26.0. The van der Waals surface area contributed by atoms with Gasteiger partial charge in [-0.3, -0.25) is 9.67 Å². The van der Waals surface area contributed by atoms with Gasteiger partial charge in [-0.15, -0.1) is 24.0 Å². The molecule has 0 bridgehead atoms. The molecule has 6 nitrogen and oxygen atoms in total. The molecular formula is C20H30Cl2IN5O. The fraction of sp³-hybridized carbons (Fsp3) is 0.500. The second-order valence-corrected chi connectivity index (χ2v) is 8.52. The Balaban J connectivity index is 0.00000420. The van der Waals surface area contributed by atoms with E-state index in [2.05, 4.69) is 29.6 Å². The van der Waals surface area contributed by atoms with E-state index in [-0.39, 0.29) is 35.9 Å². The molecule has 29 heavy (non-hydrogen) atoms. The van der Waals surface area contributed by atoms with Crippen molar-refractivity contribution in [2.45, 2.75) is 38.7 Å². The van der Waals surface area contributed by atoms with Gasteiger partial charge in [-0.1, -0.05) is 43.1 Å². The van der Waals surface area contributed by atoms with E-state index in [0.717, 1.165) is 11.1 Å². The summed E-state index contributed by atoms with van der Waals surface area (Å²) in [6.07, 6.45) is 3.46. The van der Waals surface area contributed by atoms with Crippen LogP contribution in [-0.2, 0) is 18.1 Å². The fourth-order valence-corrected chi connectivity index (χ4v) is 3.81. The minimum absolute atomic E-state index is 0. The van der Waals surface area contributed by atoms with E-state index in [0.29, 0.717) is 29.1 Å². The molecule has 0 aliphatic carbocycles. The summed E-state index contributed by atoms with van der Waals surface area (Å²) < 4.78 is 1.67. The van der Waals surface area contributed by atoms with Crippen LogP contribution in [0.15, 0.2) is 35.6 Å². The maximum Gasteiger partial charge on any atom is 0.191 e. The topological polar surface area (TPSA) is 74.5 Å². The van der Waals surface area contributed by atoms with Gasteiger partial charge in [-0.25, -0.2) is 0 Å². The summed E-state index contributed by atoms with van der Waals surface area (Å²) in [5.74, 6) is 0.614. The van der Waals surface area contributed by atoms with Crippen LogP contribution in [-0.4, -0.2) is 40.5 Å². The van der Waals surface area contributed by atoms with Crippen LogP contribution in [0.2, 0.25) is 10.0 Å². The molecule has 0 radical (unpaired) electrons. The zero-order valence-corrected chi connectivity index (χ0v) is 21.3. The number of aryl methyl sites for hydroxylation is 1. The molecule has 0 spiro atoms. The van der Waals surface area contributed by atoms with Crippen LogP contribution in [0.5, 0.6) is 0 Å². The molecule has 2 aromatic rings. The van der Waals surface area contributed by atoms with E-state index >= 15 is 0 Å². The summed E-state index contributed by atoms with van der Waals surface area (Å²) in [7, 11) is 1.82. The monoisotopic (exact) mass is 553 g/mol. The van der Waals surface area contributed by atoms with Gasteiger partial charge in [-0.05, 0) is 31.5 Å². The zero-order valence-electron chi connectivity index (χ0n) is 17.5. The highest BCUT2D eigenvalue weighted by molar-refractivity contribution is 14.0. The van der Waals surface area contributed by atoms with Crippen molar-refractivity contribution >= 4 is 53.1 Å². The van der Waals surface area contributed by atoms with Crippen molar-refractivity contribution in [3.05, 3.63) is 51.8 Å². The lowest BCUT2D eigenvalue weighted by molar-refractivity contribution is 0.0616. The van der Waals surface area contributed by atoms with Crippen molar-refractivity contribution < 1.29 is 5.11 Å². The van der Waals surface area contributed by atoms with Gasteiger partial charge >= 0.3 is 0 Å². The van der Waals surface area contributed by atoms with Crippen LogP contribution in [0.1, 0.15) is 38.8 Å². The molecule has 9 heteroatoms. The number of aromatic nitrogens is 2. The molecule has 0 aliphatic rings. The first-order valence-corrected chi connectivity index (χ1v) is 10.0. The lowest BCUT2D eigenvalue weighted by atomic mass is 9.84. The number of aliphatic hydroxyl groups is 1. The highest BCUT2D eigenvalue weighted by Crippen LogP contribution is 2.35. The van der Waals surface area contributed by atoms with Gasteiger partial charge in [-0.2, -0.15) is 5.10 Å². The Bertz CT molecular complexity index is 816. The molecule has 1 aromatic carbocycles. The molecule has 0 aliphatic heterocycles. The summed E-state index contributed by atoms with van der Waals surface area (Å²) in [6, 6.07) is 5.51. The van der Waals surface area contributed by atoms with Crippen LogP contribution >= 0.6 is 47.2 Å². The Kier molecular flexibility index (Phi) is 9.72. The predicted octanol–water partition coefficient (Wildman–Crippen LogP) is 4.09. The first-order valence-electron chi connectivity index (χ1n) is 9.25. The van der Waals surface area contributed by atoms with Crippen molar-refractivity contribution in [3.8, 4) is 0 Å². The summed E-state index contributed by atoms with van der Waals surface area (Å²) >= 11 is 12.8. The second-order valence-electron chi connectivity index (χ2n) is 7.71. The lowest BCUT2D eigenvalue weighted by Gasteiger charge is -2.27. The van der Waals surface area contributed by atoms with Gasteiger partial charge in [0, 0.05) is 40.8 Å². The lowest BCUT2D eigenvalue weighted by Crippen LogP contribution is -2.45. The van der Waals surface area contributed by atoms with Crippen molar-refractivity contribution in [1.82, 2.24) is 20.4 Å². The first-order chi connectivity index (χ1) is 13.1. The Morgan fingerprint density at radius 2 is 1.83 bits per heavy atom. The number of guanidine groups is 1. The van der Waals surface area contributed by atoms with E-state index < -0.39 is 5.60 Å². The summed E-state index contributed by atoms with van der Waals surface area (Å²) in [5.41, 5.74) is 0.178. The molecule has 2 rings (SSSR count). The zero-order chi connectivity index (χ0) is 20.9. The molecule has 1 aromatic heterocycles. The van der Waals surface area contributed by atoms with Crippen molar-refractivity contribution in [3.63, 3.8) is 0 Å². The quantitative estimate of drug-likeness (QED) is 0.274. The highest BCUT2D eigenvalue weighted by Gasteiger charge is 2.27. The molecule has 0 saturated heterocycles. The molecule has 1 unspecified atom stereocenters. The van der Waals surface area contributed by atoms with Crippen molar-refractivity contribution in [2.24, 2.45) is 12.0 Å². The summed E-state index contributed by atoms with van der Waals surface area (Å²) in [5, 5.41) is 22.6. The average molecular weight is 554 g/mol. The number of aliphatic imine (C=N–C) groups is 1. The van der Waals surface area contributed by atoms with E-state index in [9.17, 15) is 5.11 Å². The molecule has 0 fully saturated rings. The third kappa shape index (κ3) is 7.01. The van der Waals surface area contributed by atoms with E-state index in [1.54, 1.807) is 24.0 Å². The van der Waals surface area contributed by atoms with Gasteiger partial charge in [0.25, 0.3) is 0 Å². The average Bonchev–Trinajstić information content (AvgIpc) is 3.04. The predicted molar refractivity (Wildman–Crippen MR) is 132 cm³/mol. The molecule has 0 saturated carbocycles. The Hall–Kier alpha value is -1.03. The summed E-state index contributed by atoms with van der Waals surface area (Å²) in [6.45, 7) is 9.31. The largest absolute Gasteiger partial charge is 0.383 e. The maximum absolute atomic E-state index is 10.8. The van der Waals surface area contributed by atoms with Crippen LogP contribution in [0.3, 0.4) is 0 Å². The molecule has 0 amide bonds. The third-order valence-corrected chi connectivity index (χ3v) is 5.17. The van der Waals surface area contributed by atoms with Crippen LogP contribution in [0.25, 0.3) is 0 Å². The Morgan fingerprint density at radius 1 is 1.21 bits per heavy atom. The van der Waals surface area contributed by atoms with E-state index in [4.69, 9.17) is 28.2 Å². The van der Waals surface area contributed by atoms with Gasteiger partial charge < -0.3 is 15.7 Å². The minimum Gasteiger partial charge on any atom is -0.383 e. The molecule has 1 atom stereocenters. The van der Waals surface area contributed by atoms with Crippen molar-refractivity contribution in [1.29, 1.82) is 0 Å². The highest BCUT2D eigenvalue weighted by atomic mass is 127. The van der Waals surface area contributed by atoms with Gasteiger partial charge in [0.15, 0.2) is 5.96 Å². The normalized spacial score (nSPS) is 14.1. The smallest absolute Gasteiger partial charge is 0.191 e. The Morgan fingerprint density at radius 3 is 2.34 bits per heavy atom. The molecular weight excluding hydrogens is 524 g/mol. The van der Waals surface area contributed by atoms with Crippen LogP contribution in [0.4, 0.5) is 0 Å². The van der Waals surface area contributed by atoms with Gasteiger partial charge in [0.05, 0.1) is 19.3 Å². The van der Waals surface area contributed by atoms with Crippen molar-refractivity contribution in [2.75, 3.05) is 19.6 Å². The van der Waals surface area contributed by atoms with Crippen LogP contribution in [0, 0.1) is 0 Å². The molecule has 3 N–H and O–H groups in total. The minimum atomic E-state index is -1.08. The van der Waals surface area contributed by atoms with Crippen LogP contribution < -0.4 is 10.6 Å². The number of nitrogens with one attached hydrogen (secondary N) is 2. The maximum atomic E-state index is 10.8. The Labute approximate surface area is 200 Å². The summed E-state index contributed by atoms with van der Waals surface area (Å²) in [4.78, 5) is 4.69. The molecule has 162 valence electrons. The number of benzene rings is 1. The number of hydrogen-bond donors (Lipinski definition) is 3. The second kappa shape index (κ2) is 10.8. The van der Waals surface area contributed by atoms with Gasteiger partial charge in [0.1, 0.15) is 5.60 Å². The number of nitrogens with zero attached hydrogens (tertiary/aromatic N) is 3. The number of halogens is 3. The number of hydrogen-bond acceptors (Lipinski definition) is 3.